The van der Waals surface area contributed by atoms with Crippen LogP contribution in [-0.4, -0.2) is 0 Å². The summed E-state index contributed by atoms with van der Waals surface area (Å²) in [4.78, 5) is 0. The predicted octanol–water partition coefficient (Wildman–Crippen LogP) is 4.97. The Morgan fingerprint density at radius 1 is 0.722 bits per heavy atom. The maximum atomic E-state index is 2.28. The van der Waals surface area contributed by atoms with E-state index in [4.69, 9.17) is 0 Å². The number of benzene rings is 2. The molecule has 0 nitrogen and oxygen atoms in total. The van der Waals surface area contributed by atoms with Crippen molar-refractivity contribution in [2.24, 2.45) is 0 Å². The van der Waals surface area contributed by atoms with Crippen LogP contribution in [0.4, 0.5) is 0 Å². The van der Waals surface area contributed by atoms with Crippen LogP contribution in [0.25, 0.3) is 0 Å². The van der Waals surface area contributed by atoms with Crippen molar-refractivity contribution in [2.45, 2.75) is 31.6 Å². The molecule has 0 heteroatoms. The van der Waals surface area contributed by atoms with Crippen LogP contribution in [0.2, 0.25) is 0 Å². The first-order valence-corrected chi connectivity index (χ1v) is 6.91. The summed E-state index contributed by atoms with van der Waals surface area (Å²) in [6, 6.07) is 21.9. The van der Waals surface area contributed by atoms with Crippen molar-refractivity contribution in [2.75, 3.05) is 0 Å². The lowest BCUT2D eigenvalue weighted by Gasteiger charge is -2.31. The molecule has 91 valence electrons. The standard InChI is InChI=1S/C18H19/c1-3-9-15(10-4-1)17-13-7-8-14-18(17)16-11-5-2-6-12-16/h1-6,9-12,17H,7-8,13-14H2. The molecule has 0 saturated heterocycles. The zero-order valence-corrected chi connectivity index (χ0v) is 10.7. The second-order valence-corrected chi connectivity index (χ2v) is 5.10. The molecule has 0 aliphatic heterocycles. The summed E-state index contributed by atoms with van der Waals surface area (Å²) in [6.45, 7) is 0. The van der Waals surface area contributed by atoms with Gasteiger partial charge >= 0.3 is 0 Å². The SMILES string of the molecule is c1ccc([C]2CCCCC2c2ccccc2)cc1. The first-order chi connectivity index (χ1) is 8.95. The summed E-state index contributed by atoms with van der Waals surface area (Å²) in [5, 5.41) is 0. The summed E-state index contributed by atoms with van der Waals surface area (Å²) in [5.74, 6) is 2.26. The van der Waals surface area contributed by atoms with Gasteiger partial charge in [0.1, 0.15) is 0 Å². The molecule has 1 atom stereocenters. The molecule has 1 aliphatic carbocycles. The molecule has 2 aromatic carbocycles. The molecule has 0 bridgehead atoms. The molecule has 0 heterocycles. The monoisotopic (exact) mass is 235 g/mol. The lowest BCUT2D eigenvalue weighted by molar-refractivity contribution is 0.492. The van der Waals surface area contributed by atoms with Gasteiger partial charge in [-0.15, -0.1) is 0 Å². The molecule has 0 N–H and O–H groups in total. The van der Waals surface area contributed by atoms with E-state index in [1.165, 1.54) is 36.8 Å². The van der Waals surface area contributed by atoms with E-state index in [0.29, 0.717) is 5.92 Å². The number of hydrogen-bond donors (Lipinski definition) is 0. The van der Waals surface area contributed by atoms with Crippen LogP contribution in [0.15, 0.2) is 60.7 Å². The number of hydrogen-bond acceptors (Lipinski definition) is 0. The first kappa shape index (κ1) is 11.5. The van der Waals surface area contributed by atoms with Crippen LogP contribution in [0.5, 0.6) is 0 Å². The fourth-order valence-electron chi connectivity index (χ4n) is 3.06. The van der Waals surface area contributed by atoms with Crippen LogP contribution in [0.1, 0.15) is 42.7 Å². The molecule has 18 heavy (non-hydrogen) atoms. The number of rotatable bonds is 2. The Hall–Kier alpha value is -1.56. The molecule has 1 radical (unpaired) electrons. The summed E-state index contributed by atoms with van der Waals surface area (Å²) >= 11 is 0. The van der Waals surface area contributed by atoms with Gasteiger partial charge < -0.3 is 0 Å². The Balaban J connectivity index is 1.92. The third kappa shape index (κ3) is 2.33. The van der Waals surface area contributed by atoms with Crippen molar-refractivity contribution < 1.29 is 0 Å². The van der Waals surface area contributed by atoms with Crippen molar-refractivity contribution >= 4 is 0 Å². The minimum absolute atomic E-state index is 0.627. The van der Waals surface area contributed by atoms with Crippen LogP contribution in [-0.2, 0) is 0 Å². The van der Waals surface area contributed by atoms with Gasteiger partial charge in [0.05, 0.1) is 0 Å². The lowest BCUT2D eigenvalue weighted by atomic mass is 9.72. The second kappa shape index (κ2) is 5.39. The highest BCUT2D eigenvalue weighted by Gasteiger charge is 2.27. The fourth-order valence-corrected chi connectivity index (χ4v) is 3.06. The lowest BCUT2D eigenvalue weighted by Crippen LogP contribution is -2.16. The Bertz CT molecular complexity index is 424. The van der Waals surface area contributed by atoms with Crippen LogP contribution in [0, 0.1) is 5.92 Å². The Labute approximate surface area is 110 Å². The van der Waals surface area contributed by atoms with E-state index in [2.05, 4.69) is 60.7 Å². The molecule has 0 amide bonds. The van der Waals surface area contributed by atoms with E-state index < -0.39 is 0 Å². The quantitative estimate of drug-likeness (QED) is 0.689. The summed E-state index contributed by atoms with van der Waals surface area (Å²) in [7, 11) is 0. The topological polar surface area (TPSA) is 0 Å². The van der Waals surface area contributed by atoms with Gasteiger partial charge in [-0.1, -0.05) is 73.5 Å². The van der Waals surface area contributed by atoms with Crippen molar-refractivity contribution in [1.29, 1.82) is 0 Å². The summed E-state index contributed by atoms with van der Waals surface area (Å²) in [6.07, 6.45) is 5.25. The van der Waals surface area contributed by atoms with Crippen LogP contribution >= 0.6 is 0 Å². The van der Waals surface area contributed by atoms with Gasteiger partial charge in [0.2, 0.25) is 0 Å². The molecular weight excluding hydrogens is 216 g/mol. The first-order valence-electron chi connectivity index (χ1n) is 6.91. The summed E-state index contributed by atoms with van der Waals surface area (Å²) < 4.78 is 0. The average Bonchev–Trinajstić information content (AvgIpc) is 2.49. The molecule has 1 unspecified atom stereocenters. The maximum absolute atomic E-state index is 2.28. The minimum Gasteiger partial charge on any atom is -0.0622 e. The highest BCUT2D eigenvalue weighted by molar-refractivity contribution is 5.39. The van der Waals surface area contributed by atoms with E-state index >= 15 is 0 Å². The van der Waals surface area contributed by atoms with Crippen LogP contribution in [0.3, 0.4) is 0 Å². The van der Waals surface area contributed by atoms with E-state index in [-0.39, 0.29) is 0 Å². The van der Waals surface area contributed by atoms with Gasteiger partial charge in [0.25, 0.3) is 0 Å². The van der Waals surface area contributed by atoms with Gasteiger partial charge in [-0.05, 0) is 29.9 Å². The van der Waals surface area contributed by atoms with E-state index in [1.807, 2.05) is 0 Å². The molecule has 1 fully saturated rings. The zero-order chi connectivity index (χ0) is 12.2. The highest BCUT2D eigenvalue weighted by atomic mass is 14.3. The molecule has 0 spiro atoms. The van der Waals surface area contributed by atoms with Gasteiger partial charge in [-0.25, -0.2) is 0 Å². The van der Waals surface area contributed by atoms with Gasteiger partial charge in [0.15, 0.2) is 0 Å². The largest absolute Gasteiger partial charge is 0.0622 e. The van der Waals surface area contributed by atoms with Crippen molar-refractivity contribution in [3.63, 3.8) is 0 Å². The molecule has 0 aromatic heterocycles. The normalized spacial score (nSPS) is 20.8. The Morgan fingerprint density at radius 3 is 2.11 bits per heavy atom. The Kier molecular flexibility index (Phi) is 3.45. The van der Waals surface area contributed by atoms with Gasteiger partial charge in [-0.3, -0.25) is 0 Å². The maximum Gasteiger partial charge on any atom is 0.0124 e. The minimum atomic E-state index is 0.627. The van der Waals surface area contributed by atoms with Crippen molar-refractivity contribution in [1.82, 2.24) is 0 Å². The molecular formula is C18H19. The summed E-state index contributed by atoms with van der Waals surface area (Å²) in [5.41, 5.74) is 2.92. The molecule has 1 saturated carbocycles. The van der Waals surface area contributed by atoms with Gasteiger partial charge in [-0.2, -0.15) is 0 Å². The smallest absolute Gasteiger partial charge is 0.0124 e. The fraction of sp³-hybridized carbons (Fsp3) is 0.278. The predicted molar refractivity (Wildman–Crippen MR) is 76.4 cm³/mol. The zero-order valence-electron chi connectivity index (χ0n) is 10.7. The van der Waals surface area contributed by atoms with Gasteiger partial charge in [0, 0.05) is 5.92 Å². The van der Waals surface area contributed by atoms with E-state index in [9.17, 15) is 0 Å². The highest BCUT2D eigenvalue weighted by Crippen LogP contribution is 2.42. The second-order valence-electron chi connectivity index (χ2n) is 5.10. The molecule has 1 aliphatic rings. The van der Waals surface area contributed by atoms with E-state index in [1.54, 1.807) is 5.92 Å². The van der Waals surface area contributed by atoms with Crippen molar-refractivity contribution in [3.05, 3.63) is 77.7 Å². The van der Waals surface area contributed by atoms with Crippen LogP contribution < -0.4 is 0 Å². The molecule has 3 rings (SSSR count). The average molecular weight is 235 g/mol. The Morgan fingerprint density at radius 2 is 1.39 bits per heavy atom. The third-order valence-electron chi connectivity index (χ3n) is 3.96. The molecule has 2 aromatic rings. The van der Waals surface area contributed by atoms with E-state index in [0.717, 1.165) is 0 Å². The third-order valence-corrected chi connectivity index (χ3v) is 3.96. The van der Waals surface area contributed by atoms with Crippen molar-refractivity contribution in [3.8, 4) is 0 Å².